The lowest BCUT2D eigenvalue weighted by molar-refractivity contribution is -0.148. The second-order valence-electron chi connectivity index (χ2n) is 5.11. The SMILES string of the molecule is CC(=O)c1cccc(NC(=O)COC(=O)[C@H]2C[C@@H]2C)c1. The zero-order valence-corrected chi connectivity index (χ0v) is 11.5. The maximum absolute atomic E-state index is 11.6. The van der Waals surface area contributed by atoms with Gasteiger partial charge in [-0.05, 0) is 31.4 Å². The van der Waals surface area contributed by atoms with Gasteiger partial charge in [-0.15, -0.1) is 0 Å². The van der Waals surface area contributed by atoms with E-state index in [0.29, 0.717) is 17.2 Å². The number of carbonyl (C=O) groups is 3. The number of ketones is 1. The van der Waals surface area contributed by atoms with E-state index in [0.717, 1.165) is 6.42 Å². The van der Waals surface area contributed by atoms with E-state index in [1.807, 2.05) is 6.92 Å². The lowest BCUT2D eigenvalue weighted by Gasteiger charge is -2.07. The molecule has 1 fully saturated rings. The molecule has 5 heteroatoms. The van der Waals surface area contributed by atoms with Gasteiger partial charge in [-0.3, -0.25) is 14.4 Å². The predicted molar refractivity (Wildman–Crippen MR) is 73.3 cm³/mol. The predicted octanol–water partition coefficient (Wildman–Crippen LogP) is 2.03. The lowest BCUT2D eigenvalue weighted by atomic mass is 10.1. The van der Waals surface area contributed by atoms with Gasteiger partial charge in [-0.1, -0.05) is 19.1 Å². The van der Waals surface area contributed by atoms with Crippen LogP contribution in [0.3, 0.4) is 0 Å². The van der Waals surface area contributed by atoms with E-state index in [4.69, 9.17) is 4.74 Å². The van der Waals surface area contributed by atoms with E-state index in [1.165, 1.54) is 6.92 Å². The molecule has 2 atom stereocenters. The summed E-state index contributed by atoms with van der Waals surface area (Å²) in [6.07, 6.45) is 0.834. The van der Waals surface area contributed by atoms with E-state index in [-0.39, 0.29) is 24.3 Å². The Bertz CT molecular complexity index is 553. The molecule has 1 amide bonds. The minimum Gasteiger partial charge on any atom is -0.455 e. The Hall–Kier alpha value is -2.17. The monoisotopic (exact) mass is 275 g/mol. The summed E-state index contributed by atoms with van der Waals surface area (Å²) in [5, 5.41) is 2.59. The number of hydrogen-bond acceptors (Lipinski definition) is 4. The number of hydrogen-bond donors (Lipinski definition) is 1. The molecule has 1 aliphatic carbocycles. The van der Waals surface area contributed by atoms with Crippen LogP contribution in [0, 0.1) is 11.8 Å². The van der Waals surface area contributed by atoms with E-state index in [2.05, 4.69) is 5.32 Å². The van der Waals surface area contributed by atoms with Crippen LogP contribution in [0.2, 0.25) is 0 Å². The largest absolute Gasteiger partial charge is 0.455 e. The Balaban J connectivity index is 1.83. The molecular formula is C15H17NO4. The smallest absolute Gasteiger partial charge is 0.309 e. The van der Waals surface area contributed by atoms with Crippen LogP contribution in [0.15, 0.2) is 24.3 Å². The highest BCUT2D eigenvalue weighted by molar-refractivity contribution is 5.97. The number of carbonyl (C=O) groups excluding carboxylic acids is 3. The molecule has 0 saturated heterocycles. The first-order chi connectivity index (χ1) is 9.47. The molecule has 0 unspecified atom stereocenters. The number of amides is 1. The summed E-state index contributed by atoms with van der Waals surface area (Å²) in [5.41, 5.74) is 1.03. The summed E-state index contributed by atoms with van der Waals surface area (Å²) in [6, 6.07) is 6.62. The Morgan fingerprint density at radius 3 is 2.65 bits per heavy atom. The van der Waals surface area contributed by atoms with Crippen molar-refractivity contribution in [2.75, 3.05) is 11.9 Å². The summed E-state index contributed by atoms with van der Waals surface area (Å²) in [6.45, 7) is 3.13. The first-order valence-corrected chi connectivity index (χ1v) is 6.55. The van der Waals surface area contributed by atoms with E-state index in [9.17, 15) is 14.4 Å². The van der Waals surface area contributed by atoms with Crippen molar-refractivity contribution >= 4 is 23.3 Å². The molecule has 0 spiro atoms. The molecule has 1 saturated carbocycles. The van der Waals surface area contributed by atoms with Crippen molar-refractivity contribution in [1.82, 2.24) is 0 Å². The molecule has 5 nitrogen and oxygen atoms in total. The highest BCUT2D eigenvalue weighted by Crippen LogP contribution is 2.38. The van der Waals surface area contributed by atoms with Gasteiger partial charge < -0.3 is 10.1 Å². The topological polar surface area (TPSA) is 72.5 Å². The standard InChI is InChI=1S/C15H17NO4/c1-9-6-13(9)15(19)20-8-14(18)16-12-5-3-4-11(7-12)10(2)17/h3-5,7,9,13H,6,8H2,1-2H3,(H,16,18)/t9-,13-/m0/s1. The van der Waals surface area contributed by atoms with E-state index < -0.39 is 5.91 Å². The second-order valence-corrected chi connectivity index (χ2v) is 5.11. The van der Waals surface area contributed by atoms with Crippen LogP contribution in [-0.4, -0.2) is 24.3 Å². The number of esters is 1. The van der Waals surface area contributed by atoms with Gasteiger partial charge in [0.1, 0.15) is 0 Å². The zero-order valence-electron chi connectivity index (χ0n) is 11.5. The van der Waals surface area contributed by atoms with Crippen LogP contribution in [0.25, 0.3) is 0 Å². The molecular weight excluding hydrogens is 258 g/mol. The molecule has 1 aromatic rings. The molecule has 1 N–H and O–H groups in total. The maximum Gasteiger partial charge on any atom is 0.309 e. The van der Waals surface area contributed by atoms with Gasteiger partial charge in [0.15, 0.2) is 12.4 Å². The molecule has 2 rings (SSSR count). The van der Waals surface area contributed by atoms with Crippen molar-refractivity contribution in [2.45, 2.75) is 20.3 Å². The Morgan fingerprint density at radius 1 is 1.35 bits per heavy atom. The fourth-order valence-electron chi connectivity index (χ4n) is 1.91. The fourth-order valence-corrected chi connectivity index (χ4v) is 1.91. The minimum absolute atomic E-state index is 0.0520. The zero-order chi connectivity index (χ0) is 14.7. The molecule has 0 aromatic heterocycles. The van der Waals surface area contributed by atoms with Crippen molar-refractivity contribution in [3.63, 3.8) is 0 Å². The highest BCUT2D eigenvalue weighted by Gasteiger charge is 2.40. The van der Waals surface area contributed by atoms with Gasteiger partial charge in [0.25, 0.3) is 5.91 Å². The third-order valence-electron chi connectivity index (χ3n) is 3.31. The first kappa shape index (κ1) is 14.2. The normalized spacial score (nSPS) is 20.1. The molecule has 1 aromatic carbocycles. The van der Waals surface area contributed by atoms with E-state index >= 15 is 0 Å². The van der Waals surface area contributed by atoms with Crippen LogP contribution >= 0.6 is 0 Å². The molecule has 20 heavy (non-hydrogen) atoms. The van der Waals surface area contributed by atoms with Gasteiger partial charge >= 0.3 is 5.97 Å². The second kappa shape index (κ2) is 5.86. The van der Waals surface area contributed by atoms with Crippen molar-refractivity contribution in [1.29, 1.82) is 0 Å². The maximum atomic E-state index is 11.6. The number of benzene rings is 1. The van der Waals surface area contributed by atoms with Crippen LogP contribution in [-0.2, 0) is 14.3 Å². The molecule has 0 radical (unpaired) electrons. The molecule has 106 valence electrons. The number of rotatable bonds is 5. The third kappa shape index (κ3) is 3.66. The van der Waals surface area contributed by atoms with Crippen LogP contribution in [0.4, 0.5) is 5.69 Å². The van der Waals surface area contributed by atoms with Gasteiger partial charge in [-0.25, -0.2) is 0 Å². The quantitative estimate of drug-likeness (QED) is 0.659. The average Bonchev–Trinajstić information content (AvgIpc) is 3.13. The number of ether oxygens (including phenoxy) is 1. The van der Waals surface area contributed by atoms with Crippen LogP contribution < -0.4 is 5.32 Å². The fraction of sp³-hybridized carbons (Fsp3) is 0.400. The number of Topliss-reactive ketones (excluding diaryl/α,β-unsaturated/α-hetero) is 1. The Kier molecular flexibility index (Phi) is 4.17. The summed E-state index contributed by atoms with van der Waals surface area (Å²) in [5.74, 6) is -0.491. The third-order valence-corrected chi connectivity index (χ3v) is 3.31. The van der Waals surface area contributed by atoms with Crippen molar-refractivity contribution < 1.29 is 19.1 Å². The lowest BCUT2D eigenvalue weighted by Crippen LogP contribution is -2.21. The molecule has 0 aliphatic heterocycles. The van der Waals surface area contributed by atoms with Gasteiger partial charge in [0.2, 0.25) is 0 Å². The first-order valence-electron chi connectivity index (χ1n) is 6.55. The number of anilines is 1. The summed E-state index contributed by atoms with van der Waals surface area (Å²) >= 11 is 0. The minimum atomic E-state index is -0.410. The van der Waals surface area contributed by atoms with Crippen molar-refractivity contribution in [3.8, 4) is 0 Å². The van der Waals surface area contributed by atoms with Gasteiger partial charge in [0.05, 0.1) is 5.92 Å². The summed E-state index contributed by atoms with van der Waals surface area (Å²) in [7, 11) is 0. The highest BCUT2D eigenvalue weighted by atomic mass is 16.5. The summed E-state index contributed by atoms with van der Waals surface area (Å²) < 4.78 is 4.93. The molecule has 1 aliphatic rings. The molecule has 0 heterocycles. The van der Waals surface area contributed by atoms with Crippen molar-refractivity contribution in [3.05, 3.63) is 29.8 Å². The van der Waals surface area contributed by atoms with Gasteiger partial charge in [0, 0.05) is 11.3 Å². The van der Waals surface area contributed by atoms with Crippen molar-refractivity contribution in [2.24, 2.45) is 11.8 Å². The van der Waals surface area contributed by atoms with Crippen LogP contribution in [0.1, 0.15) is 30.6 Å². The Morgan fingerprint density at radius 2 is 2.05 bits per heavy atom. The Labute approximate surface area is 117 Å². The average molecular weight is 275 g/mol. The number of nitrogens with one attached hydrogen (secondary N) is 1. The molecule has 0 bridgehead atoms. The van der Waals surface area contributed by atoms with E-state index in [1.54, 1.807) is 24.3 Å². The summed E-state index contributed by atoms with van der Waals surface area (Å²) in [4.78, 5) is 34.3. The van der Waals surface area contributed by atoms with Gasteiger partial charge in [-0.2, -0.15) is 0 Å². The van der Waals surface area contributed by atoms with Crippen LogP contribution in [0.5, 0.6) is 0 Å².